The van der Waals surface area contributed by atoms with Crippen LogP contribution in [0.2, 0.25) is 0 Å². The first-order valence-electron chi connectivity index (χ1n) is 7.18. The van der Waals surface area contributed by atoms with Crippen molar-refractivity contribution in [1.29, 1.82) is 0 Å². The van der Waals surface area contributed by atoms with Gasteiger partial charge in [-0.05, 0) is 5.56 Å². The zero-order valence-corrected chi connectivity index (χ0v) is 12.4. The monoisotopic (exact) mass is 311 g/mol. The van der Waals surface area contributed by atoms with Gasteiger partial charge in [-0.25, -0.2) is 15.0 Å². The molecular formula is C15H17N7O. The number of nitrogens with zero attached hydrogens (tertiary/aromatic N) is 4. The van der Waals surface area contributed by atoms with Gasteiger partial charge in [-0.1, -0.05) is 30.3 Å². The number of hydrogen-bond acceptors (Lipinski definition) is 8. The molecule has 0 unspecified atom stereocenters. The van der Waals surface area contributed by atoms with Crippen LogP contribution < -0.4 is 16.4 Å². The third kappa shape index (κ3) is 3.43. The largest absolute Gasteiger partial charge is 0.395 e. The maximum Gasteiger partial charge on any atom is 0.225 e. The second-order valence-electron chi connectivity index (χ2n) is 4.84. The summed E-state index contributed by atoms with van der Waals surface area (Å²) in [5.74, 6) is 1.18. The van der Waals surface area contributed by atoms with Crippen molar-refractivity contribution in [2.75, 3.05) is 29.5 Å². The Bertz CT molecular complexity index is 794. The molecule has 2 aromatic heterocycles. The lowest BCUT2D eigenvalue weighted by atomic mass is 10.2. The predicted octanol–water partition coefficient (Wildman–Crippen LogP) is 1.02. The van der Waals surface area contributed by atoms with E-state index in [0.29, 0.717) is 35.9 Å². The first-order chi connectivity index (χ1) is 11.3. The smallest absolute Gasteiger partial charge is 0.225 e. The molecule has 0 aliphatic heterocycles. The van der Waals surface area contributed by atoms with Crippen LogP contribution in [0.15, 0.2) is 36.7 Å². The van der Waals surface area contributed by atoms with Crippen LogP contribution in [0.3, 0.4) is 0 Å². The number of nitrogen functional groups attached to an aromatic ring is 1. The van der Waals surface area contributed by atoms with Gasteiger partial charge in [0.1, 0.15) is 17.4 Å². The number of aliphatic hydroxyl groups excluding tert-OH is 1. The summed E-state index contributed by atoms with van der Waals surface area (Å²) in [4.78, 5) is 16.9. The predicted molar refractivity (Wildman–Crippen MR) is 88.9 cm³/mol. The van der Waals surface area contributed by atoms with Crippen LogP contribution >= 0.6 is 0 Å². The van der Waals surface area contributed by atoms with Gasteiger partial charge >= 0.3 is 0 Å². The number of nitrogens with two attached hydrogens (primary N) is 1. The molecule has 0 aliphatic carbocycles. The normalized spacial score (nSPS) is 10.7. The van der Waals surface area contributed by atoms with Crippen molar-refractivity contribution < 1.29 is 5.11 Å². The Kier molecular flexibility index (Phi) is 4.44. The number of benzene rings is 1. The molecule has 0 aliphatic rings. The van der Waals surface area contributed by atoms with Crippen molar-refractivity contribution in [2.24, 2.45) is 0 Å². The Morgan fingerprint density at radius 1 is 1.00 bits per heavy atom. The van der Waals surface area contributed by atoms with Crippen LogP contribution in [0, 0.1) is 0 Å². The number of nitrogens with one attached hydrogen (secondary N) is 2. The fraction of sp³-hybridized carbons (Fsp3) is 0.200. The Hall–Kier alpha value is -3.00. The summed E-state index contributed by atoms with van der Waals surface area (Å²) < 4.78 is 0. The van der Waals surface area contributed by atoms with E-state index in [1.807, 2.05) is 30.3 Å². The van der Waals surface area contributed by atoms with E-state index < -0.39 is 0 Å². The molecule has 8 nitrogen and oxygen atoms in total. The molecule has 3 aromatic rings. The lowest BCUT2D eigenvalue weighted by molar-refractivity contribution is 0.311. The standard InChI is InChI=1S/C15H17N7O/c16-13-11-12(21-15(22-13)17-6-7-23)14(20-9-19-11)18-8-10-4-2-1-3-5-10/h1-5,9,23H,6-8H2,(H,18,19,20)(H3,16,17,21,22). The molecule has 0 radical (unpaired) electrons. The summed E-state index contributed by atoms with van der Waals surface area (Å²) in [5, 5.41) is 15.0. The first kappa shape index (κ1) is 14.9. The number of rotatable bonds is 6. The number of aromatic nitrogens is 4. The Morgan fingerprint density at radius 2 is 1.83 bits per heavy atom. The van der Waals surface area contributed by atoms with Crippen molar-refractivity contribution >= 4 is 28.6 Å². The van der Waals surface area contributed by atoms with Crippen LogP contribution in [0.4, 0.5) is 17.6 Å². The summed E-state index contributed by atoms with van der Waals surface area (Å²) in [5.41, 5.74) is 8.09. The number of aliphatic hydroxyl groups is 1. The summed E-state index contributed by atoms with van der Waals surface area (Å²) in [6.45, 7) is 0.924. The molecule has 8 heteroatoms. The molecule has 0 saturated carbocycles. The summed E-state index contributed by atoms with van der Waals surface area (Å²) in [6, 6.07) is 9.97. The lowest BCUT2D eigenvalue weighted by Crippen LogP contribution is -2.11. The molecule has 1 aromatic carbocycles. The zero-order valence-electron chi connectivity index (χ0n) is 12.4. The van der Waals surface area contributed by atoms with E-state index in [2.05, 4.69) is 30.6 Å². The molecule has 0 bridgehead atoms. The average Bonchev–Trinajstić information content (AvgIpc) is 2.59. The highest BCUT2D eigenvalue weighted by molar-refractivity contribution is 5.92. The zero-order chi connectivity index (χ0) is 16.1. The summed E-state index contributed by atoms with van der Waals surface area (Å²) in [7, 11) is 0. The van der Waals surface area contributed by atoms with Gasteiger partial charge < -0.3 is 21.5 Å². The van der Waals surface area contributed by atoms with Gasteiger partial charge in [0, 0.05) is 13.1 Å². The average molecular weight is 311 g/mol. The minimum atomic E-state index is -0.0221. The molecule has 118 valence electrons. The highest BCUT2D eigenvalue weighted by Crippen LogP contribution is 2.22. The maximum atomic E-state index is 8.89. The van der Waals surface area contributed by atoms with Crippen molar-refractivity contribution in [3.63, 3.8) is 0 Å². The van der Waals surface area contributed by atoms with Crippen molar-refractivity contribution in [1.82, 2.24) is 19.9 Å². The fourth-order valence-electron chi connectivity index (χ4n) is 2.13. The summed E-state index contributed by atoms with van der Waals surface area (Å²) >= 11 is 0. The molecule has 0 spiro atoms. The minimum absolute atomic E-state index is 0.0221. The highest BCUT2D eigenvalue weighted by atomic mass is 16.3. The van der Waals surface area contributed by atoms with Gasteiger partial charge in [0.15, 0.2) is 11.6 Å². The maximum absolute atomic E-state index is 8.89. The van der Waals surface area contributed by atoms with Crippen molar-refractivity contribution in [3.05, 3.63) is 42.2 Å². The molecule has 0 saturated heterocycles. The Labute approximate surface area is 132 Å². The van der Waals surface area contributed by atoms with Gasteiger partial charge in [0.05, 0.1) is 6.61 Å². The number of anilines is 3. The second-order valence-corrected chi connectivity index (χ2v) is 4.84. The van der Waals surface area contributed by atoms with E-state index in [1.54, 1.807) is 0 Å². The number of fused-ring (bicyclic) bond motifs is 1. The van der Waals surface area contributed by atoms with Gasteiger partial charge in [-0.15, -0.1) is 0 Å². The Morgan fingerprint density at radius 3 is 2.61 bits per heavy atom. The topological polar surface area (TPSA) is 122 Å². The van der Waals surface area contributed by atoms with Crippen LogP contribution in [0.25, 0.3) is 11.0 Å². The minimum Gasteiger partial charge on any atom is -0.395 e. The fourth-order valence-corrected chi connectivity index (χ4v) is 2.13. The molecule has 0 fully saturated rings. The number of hydrogen-bond donors (Lipinski definition) is 4. The summed E-state index contributed by atoms with van der Waals surface area (Å²) in [6.07, 6.45) is 1.43. The van der Waals surface area contributed by atoms with Crippen LogP contribution in [0.5, 0.6) is 0 Å². The van der Waals surface area contributed by atoms with Gasteiger partial charge in [-0.3, -0.25) is 0 Å². The van der Waals surface area contributed by atoms with Gasteiger partial charge in [0.2, 0.25) is 5.95 Å². The molecule has 0 amide bonds. The molecular weight excluding hydrogens is 294 g/mol. The van der Waals surface area contributed by atoms with E-state index in [1.165, 1.54) is 6.33 Å². The third-order valence-corrected chi connectivity index (χ3v) is 3.21. The van der Waals surface area contributed by atoms with E-state index in [4.69, 9.17) is 10.8 Å². The van der Waals surface area contributed by atoms with Gasteiger partial charge in [0.25, 0.3) is 0 Å². The van der Waals surface area contributed by atoms with E-state index in [0.717, 1.165) is 5.56 Å². The lowest BCUT2D eigenvalue weighted by Gasteiger charge is -2.10. The van der Waals surface area contributed by atoms with Gasteiger partial charge in [-0.2, -0.15) is 4.98 Å². The molecule has 2 heterocycles. The SMILES string of the molecule is Nc1nc(NCCO)nc2c(NCc3ccccc3)ncnc12. The van der Waals surface area contributed by atoms with Crippen molar-refractivity contribution in [2.45, 2.75) is 6.54 Å². The highest BCUT2D eigenvalue weighted by Gasteiger charge is 2.11. The first-order valence-corrected chi connectivity index (χ1v) is 7.18. The Balaban J connectivity index is 1.91. The van der Waals surface area contributed by atoms with E-state index >= 15 is 0 Å². The van der Waals surface area contributed by atoms with Crippen molar-refractivity contribution in [3.8, 4) is 0 Å². The quantitative estimate of drug-likeness (QED) is 0.532. The van der Waals surface area contributed by atoms with Crippen LogP contribution in [-0.4, -0.2) is 38.2 Å². The molecule has 23 heavy (non-hydrogen) atoms. The van der Waals surface area contributed by atoms with E-state index in [-0.39, 0.29) is 12.4 Å². The van der Waals surface area contributed by atoms with Crippen LogP contribution in [0.1, 0.15) is 5.56 Å². The molecule has 5 N–H and O–H groups in total. The van der Waals surface area contributed by atoms with Crippen LogP contribution in [-0.2, 0) is 6.54 Å². The van der Waals surface area contributed by atoms with E-state index in [9.17, 15) is 0 Å². The molecule has 3 rings (SSSR count). The third-order valence-electron chi connectivity index (χ3n) is 3.21. The second kappa shape index (κ2) is 6.84. The molecule has 0 atom stereocenters.